The van der Waals surface area contributed by atoms with Gasteiger partial charge in [0, 0.05) is 19.2 Å². The van der Waals surface area contributed by atoms with E-state index in [2.05, 4.69) is 28.9 Å². The zero-order valence-electron chi connectivity index (χ0n) is 6.63. The van der Waals surface area contributed by atoms with Crippen LogP contribution in [0.4, 0.5) is 5.82 Å². The van der Waals surface area contributed by atoms with Crippen LogP contribution in [0.25, 0.3) is 0 Å². The van der Waals surface area contributed by atoms with E-state index in [4.69, 9.17) is 0 Å². The van der Waals surface area contributed by atoms with Crippen molar-refractivity contribution < 1.29 is 0 Å². The summed E-state index contributed by atoms with van der Waals surface area (Å²) < 4.78 is 0. The van der Waals surface area contributed by atoms with Crippen LogP contribution in [-0.4, -0.2) is 23.3 Å². The molecule has 0 bridgehead atoms. The smallest absolute Gasteiger partial charge is 0.123 e. The van der Waals surface area contributed by atoms with Gasteiger partial charge in [-0.25, -0.2) is 0 Å². The third-order valence-electron chi connectivity index (χ3n) is 1.64. The second-order valence-corrected chi connectivity index (χ2v) is 2.65. The molecule has 0 saturated carbocycles. The molecule has 0 radical (unpaired) electrons. The minimum Gasteiger partial charge on any atom is -0.358 e. The number of nitrogens with one attached hydrogen (secondary N) is 1. The lowest BCUT2D eigenvalue weighted by Crippen LogP contribution is -2.25. The van der Waals surface area contributed by atoms with Crippen LogP contribution in [0, 0.1) is 0 Å². The van der Waals surface area contributed by atoms with Crippen LogP contribution in [0.2, 0.25) is 0 Å². The molecule has 3 heteroatoms. The van der Waals surface area contributed by atoms with Crippen LogP contribution in [0.3, 0.4) is 0 Å². The van der Waals surface area contributed by atoms with Gasteiger partial charge in [-0.2, -0.15) is 5.10 Å². The van der Waals surface area contributed by atoms with Crippen molar-refractivity contribution in [3.63, 3.8) is 0 Å². The van der Waals surface area contributed by atoms with E-state index >= 15 is 0 Å². The predicted octanol–water partition coefficient (Wildman–Crippen LogP) is 1.25. The summed E-state index contributed by atoms with van der Waals surface area (Å²) in [7, 11) is 2.04. The number of rotatable bonds is 2. The first-order valence-corrected chi connectivity index (χ1v) is 3.44. The maximum Gasteiger partial charge on any atom is 0.123 e. The Balaban J connectivity index is 2.68. The van der Waals surface area contributed by atoms with Gasteiger partial charge < -0.3 is 4.90 Å². The minimum atomic E-state index is 0.514. The predicted molar refractivity (Wildman–Crippen MR) is 42.1 cm³/mol. The fourth-order valence-electron chi connectivity index (χ4n) is 0.723. The second-order valence-electron chi connectivity index (χ2n) is 2.65. The molecule has 0 amide bonds. The maximum absolute atomic E-state index is 3.86. The molecule has 0 saturated heterocycles. The number of H-pyrrole nitrogens is 1. The van der Waals surface area contributed by atoms with Gasteiger partial charge in [-0.05, 0) is 13.8 Å². The van der Waals surface area contributed by atoms with Gasteiger partial charge in [0.25, 0.3) is 0 Å². The molecule has 10 heavy (non-hydrogen) atoms. The first-order valence-electron chi connectivity index (χ1n) is 3.44. The zero-order valence-corrected chi connectivity index (χ0v) is 6.63. The molecule has 0 unspecified atom stereocenters. The number of aromatic nitrogens is 2. The average molecular weight is 139 g/mol. The number of nitrogens with zero attached hydrogens (tertiary/aromatic N) is 2. The summed E-state index contributed by atoms with van der Waals surface area (Å²) in [6, 6.07) is 2.47. The van der Waals surface area contributed by atoms with E-state index < -0.39 is 0 Å². The molecule has 0 fully saturated rings. The molecule has 0 spiro atoms. The number of aromatic amines is 1. The molecule has 1 aromatic heterocycles. The molecule has 56 valence electrons. The first-order chi connectivity index (χ1) is 4.72. The van der Waals surface area contributed by atoms with E-state index in [0.29, 0.717) is 6.04 Å². The lowest BCUT2D eigenvalue weighted by molar-refractivity contribution is 0.741. The molecule has 1 heterocycles. The highest BCUT2D eigenvalue weighted by Gasteiger charge is 2.03. The summed E-state index contributed by atoms with van der Waals surface area (Å²) in [5.74, 6) is 1.06. The fraction of sp³-hybridized carbons (Fsp3) is 0.571. The molecule has 0 atom stereocenters. The van der Waals surface area contributed by atoms with Crippen molar-refractivity contribution in [1.82, 2.24) is 10.2 Å². The minimum absolute atomic E-state index is 0.514. The molecular formula is C7H13N3. The van der Waals surface area contributed by atoms with Crippen LogP contribution in [0.15, 0.2) is 12.3 Å². The zero-order chi connectivity index (χ0) is 7.56. The summed E-state index contributed by atoms with van der Waals surface area (Å²) in [5, 5.41) is 6.75. The normalized spacial score (nSPS) is 10.4. The number of anilines is 1. The Morgan fingerprint density at radius 3 is 2.70 bits per heavy atom. The molecule has 1 N–H and O–H groups in total. The van der Waals surface area contributed by atoms with Gasteiger partial charge in [-0.1, -0.05) is 0 Å². The van der Waals surface area contributed by atoms with Gasteiger partial charge in [0.1, 0.15) is 5.82 Å². The van der Waals surface area contributed by atoms with E-state index in [1.165, 1.54) is 0 Å². The summed E-state index contributed by atoms with van der Waals surface area (Å²) in [5.41, 5.74) is 0. The van der Waals surface area contributed by atoms with Gasteiger partial charge in [0.05, 0.1) is 6.20 Å². The quantitative estimate of drug-likeness (QED) is 0.668. The van der Waals surface area contributed by atoms with E-state index in [9.17, 15) is 0 Å². The van der Waals surface area contributed by atoms with Crippen molar-refractivity contribution in [1.29, 1.82) is 0 Å². The van der Waals surface area contributed by atoms with Crippen LogP contribution >= 0.6 is 0 Å². The number of hydrogen-bond acceptors (Lipinski definition) is 2. The summed E-state index contributed by atoms with van der Waals surface area (Å²) in [6.07, 6.45) is 1.76. The Bertz CT molecular complexity index is 179. The van der Waals surface area contributed by atoms with Gasteiger partial charge in [-0.3, -0.25) is 5.10 Å². The highest BCUT2D eigenvalue weighted by atomic mass is 15.3. The molecule has 1 aromatic rings. The molecule has 3 nitrogen and oxygen atoms in total. The lowest BCUT2D eigenvalue weighted by Gasteiger charge is -2.20. The van der Waals surface area contributed by atoms with Crippen molar-refractivity contribution >= 4 is 5.82 Å². The highest BCUT2D eigenvalue weighted by molar-refractivity contribution is 5.35. The van der Waals surface area contributed by atoms with Gasteiger partial charge >= 0.3 is 0 Å². The van der Waals surface area contributed by atoms with Gasteiger partial charge in [0.15, 0.2) is 0 Å². The van der Waals surface area contributed by atoms with Crippen LogP contribution in [-0.2, 0) is 0 Å². The Morgan fingerprint density at radius 1 is 1.60 bits per heavy atom. The van der Waals surface area contributed by atoms with Gasteiger partial charge in [0.2, 0.25) is 0 Å². The Hall–Kier alpha value is -0.990. The highest BCUT2D eigenvalue weighted by Crippen LogP contribution is 2.08. The SMILES string of the molecule is CC(C)N(C)c1ccn[nH]1. The van der Waals surface area contributed by atoms with Crippen LogP contribution in [0.5, 0.6) is 0 Å². The monoisotopic (exact) mass is 139 g/mol. The van der Waals surface area contributed by atoms with Crippen molar-refractivity contribution in [3.05, 3.63) is 12.3 Å². The van der Waals surface area contributed by atoms with E-state index in [1.54, 1.807) is 6.20 Å². The third-order valence-corrected chi connectivity index (χ3v) is 1.64. The Kier molecular flexibility index (Phi) is 1.94. The van der Waals surface area contributed by atoms with E-state index in [1.807, 2.05) is 13.1 Å². The largest absolute Gasteiger partial charge is 0.358 e. The van der Waals surface area contributed by atoms with Crippen LogP contribution < -0.4 is 4.90 Å². The number of hydrogen-bond donors (Lipinski definition) is 1. The molecule has 0 aliphatic carbocycles. The molecule has 0 aliphatic rings. The summed E-state index contributed by atoms with van der Waals surface area (Å²) >= 11 is 0. The molecule has 0 aromatic carbocycles. The Labute approximate surface area is 61.0 Å². The van der Waals surface area contributed by atoms with Crippen molar-refractivity contribution in [2.45, 2.75) is 19.9 Å². The molecular weight excluding hydrogens is 126 g/mol. The third kappa shape index (κ3) is 1.29. The molecule has 1 rings (SSSR count). The second kappa shape index (κ2) is 2.73. The maximum atomic E-state index is 3.86. The topological polar surface area (TPSA) is 31.9 Å². The fourth-order valence-corrected chi connectivity index (χ4v) is 0.723. The average Bonchev–Trinajstić information content (AvgIpc) is 2.36. The van der Waals surface area contributed by atoms with E-state index in [-0.39, 0.29) is 0 Å². The van der Waals surface area contributed by atoms with E-state index in [0.717, 1.165) is 5.82 Å². The first kappa shape index (κ1) is 7.12. The van der Waals surface area contributed by atoms with Crippen molar-refractivity contribution in [3.8, 4) is 0 Å². The lowest BCUT2D eigenvalue weighted by atomic mass is 10.3. The van der Waals surface area contributed by atoms with Crippen molar-refractivity contribution in [2.24, 2.45) is 0 Å². The van der Waals surface area contributed by atoms with Crippen LogP contribution in [0.1, 0.15) is 13.8 Å². The van der Waals surface area contributed by atoms with Crippen molar-refractivity contribution in [2.75, 3.05) is 11.9 Å². The summed E-state index contributed by atoms with van der Waals surface area (Å²) in [4.78, 5) is 2.13. The molecule has 0 aliphatic heterocycles. The standard InChI is InChI=1S/C7H13N3/c1-6(2)10(3)7-4-5-8-9-7/h4-6H,1-3H3,(H,8,9). The summed E-state index contributed by atoms with van der Waals surface area (Å²) in [6.45, 7) is 4.28. The Morgan fingerprint density at radius 2 is 2.30 bits per heavy atom. The van der Waals surface area contributed by atoms with Gasteiger partial charge in [-0.15, -0.1) is 0 Å².